The average Bonchev–Trinajstić information content (AvgIpc) is 2.94. The van der Waals surface area contributed by atoms with Gasteiger partial charge in [0.25, 0.3) is 11.5 Å². The van der Waals surface area contributed by atoms with Crippen molar-refractivity contribution < 1.29 is 23.9 Å². The number of rotatable bonds is 9. The molecule has 0 bridgehead atoms. The molecule has 2 amide bonds. The molecule has 4 rings (SSSR count). The van der Waals surface area contributed by atoms with E-state index in [0.717, 1.165) is 11.1 Å². The van der Waals surface area contributed by atoms with Crippen molar-refractivity contribution in [2.45, 2.75) is 19.3 Å². The summed E-state index contributed by atoms with van der Waals surface area (Å²) in [6, 6.07) is 23.4. The minimum atomic E-state index is -1.21. The van der Waals surface area contributed by atoms with Crippen LogP contribution in [-0.2, 0) is 27.5 Å². The van der Waals surface area contributed by atoms with Crippen molar-refractivity contribution in [2.24, 2.45) is 0 Å². The number of hydrogen-bond donors (Lipinski definition) is 3. The number of fused-ring (bicyclic) bond motifs is 1. The maximum atomic E-state index is 12.8. The lowest BCUT2D eigenvalue weighted by Crippen LogP contribution is -2.49. The van der Waals surface area contributed by atoms with Crippen molar-refractivity contribution in [1.29, 1.82) is 0 Å². The number of aromatic amines is 1. The van der Waals surface area contributed by atoms with Crippen LogP contribution in [0.4, 0.5) is 4.79 Å². The van der Waals surface area contributed by atoms with Gasteiger partial charge >= 0.3 is 12.1 Å². The number of carbonyl (C=O) groups excluding carboxylic acids is 3. The van der Waals surface area contributed by atoms with Crippen molar-refractivity contribution >= 4 is 28.7 Å². The summed E-state index contributed by atoms with van der Waals surface area (Å²) in [5.74, 6) is -1.26. The zero-order valence-corrected chi connectivity index (χ0v) is 19.8. The molecule has 0 aliphatic rings. The van der Waals surface area contributed by atoms with Gasteiger partial charge in [0.2, 0.25) is 0 Å². The number of pyridine rings is 1. The molecule has 1 atom stereocenters. The van der Waals surface area contributed by atoms with E-state index in [1.807, 2.05) is 36.4 Å². The average molecular weight is 500 g/mol. The fraction of sp³-hybridized carbons (Fsp3) is 0.143. The van der Waals surface area contributed by atoms with Gasteiger partial charge in [-0.15, -0.1) is 0 Å². The lowest BCUT2D eigenvalue weighted by atomic mass is 10.1. The molecule has 1 aromatic heterocycles. The predicted octanol–water partition coefficient (Wildman–Crippen LogP) is 3.30. The van der Waals surface area contributed by atoms with Gasteiger partial charge in [-0.25, -0.2) is 9.59 Å². The maximum Gasteiger partial charge on any atom is 0.408 e. The second kappa shape index (κ2) is 12.2. The molecule has 1 heterocycles. The third-order valence-corrected chi connectivity index (χ3v) is 5.52. The first-order chi connectivity index (χ1) is 18.0. The highest BCUT2D eigenvalue weighted by molar-refractivity contribution is 5.98. The van der Waals surface area contributed by atoms with Crippen LogP contribution in [0.5, 0.6) is 0 Å². The van der Waals surface area contributed by atoms with Crippen LogP contribution in [-0.4, -0.2) is 35.5 Å². The van der Waals surface area contributed by atoms with Crippen molar-refractivity contribution in [3.8, 4) is 0 Å². The van der Waals surface area contributed by atoms with E-state index in [0.29, 0.717) is 10.8 Å². The van der Waals surface area contributed by atoms with Crippen molar-refractivity contribution in [1.82, 2.24) is 15.6 Å². The highest BCUT2D eigenvalue weighted by Crippen LogP contribution is 2.12. The van der Waals surface area contributed by atoms with Crippen LogP contribution in [0, 0.1) is 0 Å². The fourth-order valence-corrected chi connectivity index (χ4v) is 3.55. The first kappa shape index (κ1) is 25.2. The number of esters is 1. The molecule has 37 heavy (non-hydrogen) atoms. The Hall–Kier alpha value is -4.92. The van der Waals surface area contributed by atoms with Crippen LogP contribution >= 0.6 is 0 Å². The lowest BCUT2D eigenvalue weighted by molar-refractivity contribution is -0.147. The van der Waals surface area contributed by atoms with Crippen molar-refractivity contribution in [2.75, 3.05) is 6.54 Å². The molecule has 3 aromatic carbocycles. The number of alkyl carbamates (subject to hydrolysis) is 1. The third-order valence-electron chi connectivity index (χ3n) is 5.52. The Balaban J connectivity index is 1.41. The molecule has 9 nitrogen and oxygen atoms in total. The smallest absolute Gasteiger partial charge is 0.408 e. The minimum absolute atomic E-state index is 0.00167. The van der Waals surface area contributed by atoms with Gasteiger partial charge in [0, 0.05) is 23.7 Å². The molecule has 9 heteroatoms. The van der Waals surface area contributed by atoms with Gasteiger partial charge in [0.05, 0.1) is 0 Å². The van der Waals surface area contributed by atoms with Crippen LogP contribution in [0.1, 0.15) is 21.5 Å². The Morgan fingerprint density at radius 2 is 1.46 bits per heavy atom. The molecule has 0 saturated heterocycles. The summed E-state index contributed by atoms with van der Waals surface area (Å²) >= 11 is 0. The van der Waals surface area contributed by atoms with Crippen LogP contribution in [0.25, 0.3) is 10.8 Å². The van der Waals surface area contributed by atoms with Crippen molar-refractivity contribution in [3.05, 3.63) is 118 Å². The molecule has 0 unspecified atom stereocenters. The summed E-state index contributed by atoms with van der Waals surface area (Å²) in [6.45, 7) is -0.245. The van der Waals surface area contributed by atoms with Crippen LogP contribution < -0.4 is 16.2 Å². The molecule has 0 aliphatic carbocycles. The first-order valence-corrected chi connectivity index (χ1v) is 11.6. The van der Waals surface area contributed by atoms with Gasteiger partial charge in [-0.05, 0) is 34.7 Å². The normalized spacial score (nSPS) is 11.4. The summed E-state index contributed by atoms with van der Waals surface area (Å²) < 4.78 is 10.6. The number of H-pyrrole nitrogens is 1. The SMILES string of the molecule is O=C(N[C@H](CNC(=O)c1ccc2cc[nH]c(=O)c2c1)C(=O)OCc1ccccc1)OCc1ccccc1. The van der Waals surface area contributed by atoms with E-state index < -0.39 is 24.0 Å². The van der Waals surface area contributed by atoms with Crippen LogP contribution in [0.15, 0.2) is 95.9 Å². The molecule has 188 valence electrons. The van der Waals surface area contributed by atoms with Gasteiger partial charge in [-0.1, -0.05) is 66.7 Å². The first-order valence-electron chi connectivity index (χ1n) is 11.6. The van der Waals surface area contributed by atoms with E-state index in [1.54, 1.807) is 42.5 Å². The molecule has 0 fully saturated rings. The predicted molar refractivity (Wildman–Crippen MR) is 137 cm³/mol. The molecule has 0 aliphatic heterocycles. The van der Waals surface area contributed by atoms with E-state index in [-0.39, 0.29) is 30.9 Å². The van der Waals surface area contributed by atoms with Gasteiger partial charge < -0.3 is 25.1 Å². The lowest BCUT2D eigenvalue weighted by Gasteiger charge is -2.18. The Labute approximate surface area is 212 Å². The number of aromatic nitrogens is 1. The number of amides is 2. The molecule has 0 saturated carbocycles. The Morgan fingerprint density at radius 1 is 0.811 bits per heavy atom. The minimum Gasteiger partial charge on any atom is -0.459 e. The number of ether oxygens (including phenoxy) is 2. The second-order valence-corrected chi connectivity index (χ2v) is 8.17. The zero-order valence-electron chi connectivity index (χ0n) is 19.8. The standard InChI is InChI=1S/C28H25N3O6/c32-25(22-12-11-21-13-14-29-26(33)23(21)15-22)30-16-24(27(34)36-17-19-7-3-1-4-8-19)31-28(35)37-18-20-9-5-2-6-10-20/h1-15,24H,16-18H2,(H,29,33)(H,30,32)(H,31,35)/t24-/m1/s1. The molecule has 4 aromatic rings. The molecule has 0 spiro atoms. The largest absolute Gasteiger partial charge is 0.459 e. The van der Waals surface area contributed by atoms with E-state index in [9.17, 15) is 19.2 Å². The molecule has 3 N–H and O–H groups in total. The second-order valence-electron chi connectivity index (χ2n) is 8.17. The topological polar surface area (TPSA) is 127 Å². The van der Waals surface area contributed by atoms with Gasteiger partial charge in [0.15, 0.2) is 0 Å². The summed E-state index contributed by atoms with van der Waals surface area (Å²) in [5.41, 5.74) is 1.46. The van der Waals surface area contributed by atoms with Gasteiger partial charge in [-0.3, -0.25) is 9.59 Å². The monoisotopic (exact) mass is 499 g/mol. The Morgan fingerprint density at radius 3 is 2.14 bits per heavy atom. The maximum absolute atomic E-state index is 12.8. The van der Waals surface area contributed by atoms with Gasteiger partial charge in [-0.2, -0.15) is 0 Å². The fourth-order valence-electron chi connectivity index (χ4n) is 3.55. The highest BCUT2D eigenvalue weighted by atomic mass is 16.6. The number of nitrogens with one attached hydrogen (secondary N) is 3. The molecular formula is C28H25N3O6. The Kier molecular flexibility index (Phi) is 8.28. The summed E-state index contributed by atoms with van der Waals surface area (Å²) in [5, 5.41) is 6.13. The summed E-state index contributed by atoms with van der Waals surface area (Å²) in [7, 11) is 0. The Bertz CT molecular complexity index is 1440. The third kappa shape index (κ3) is 7.04. The highest BCUT2D eigenvalue weighted by Gasteiger charge is 2.24. The molecular weight excluding hydrogens is 474 g/mol. The van der Waals surface area contributed by atoms with E-state index in [1.165, 1.54) is 12.3 Å². The number of hydrogen-bond acceptors (Lipinski definition) is 6. The van der Waals surface area contributed by atoms with Crippen LogP contribution in [0.3, 0.4) is 0 Å². The zero-order chi connectivity index (χ0) is 26.0. The number of carbonyl (C=O) groups is 3. The quantitative estimate of drug-likeness (QED) is 0.303. The van der Waals surface area contributed by atoms with Gasteiger partial charge in [0.1, 0.15) is 19.3 Å². The summed E-state index contributed by atoms with van der Waals surface area (Å²) in [6.07, 6.45) is 0.690. The molecule has 0 radical (unpaired) electrons. The van der Waals surface area contributed by atoms with E-state index >= 15 is 0 Å². The van der Waals surface area contributed by atoms with Crippen molar-refractivity contribution in [3.63, 3.8) is 0 Å². The van der Waals surface area contributed by atoms with E-state index in [2.05, 4.69) is 15.6 Å². The number of benzene rings is 3. The summed E-state index contributed by atoms with van der Waals surface area (Å²) in [4.78, 5) is 52.6. The van der Waals surface area contributed by atoms with E-state index in [4.69, 9.17) is 9.47 Å². The van der Waals surface area contributed by atoms with Crippen LogP contribution in [0.2, 0.25) is 0 Å².